The molecule has 0 aliphatic rings. The van der Waals surface area contributed by atoms with Crippen LogP contribution in [0, 0.1) is 5.82 Å². The van der Waals surface area contributed by atoms with Gasteiger partial charge in [0.1, 0.15) is 11.9 Å². The highest BCUT2D eigenvalue weighted by molar-refractivity contribution is 5.77. The molecule has 4 heteroatoms. The van der Waals surface area contributed by atoms with Gasteiger partial charge in [-0.2, -0.15) is 0 Å². The van der Waals surface area contributed by atoms with Crippen molar-refractivity contribution >= 4 is 12.0 Å². The minimum absolute atomic E-state index is 0.365. The maximum Gasteiger partial charge on any atom is 0.324 e. The number of benzene rings is 1. The van der Waals surface area contributed by atoms with Crippen molar-refractivity contribution in [3.8, 4) is 0 Å². The fourth-order valence-corrected chi connectivity index (χ4v) is 0.907. The molecule has 0 aliphatic heterocycles. The lowest BCUT2D eigenvalue weighted by Crippen LogP contribution is -2.27. The van der Waals surface area contributed by atoms with E-state index in [1.165, 1.54) is 24.3 Å². The zero-order chi connectivity index (χ0) is 10.6. The molecule has 0 spiro atoms. The molecule has 0 saturated carbocycles. The Hall–Kier alpha value is -1.68. The second-order valence-corrected chi connectivity index (χ2v) is 2.78. The Morgan fingerprint density at radius 1 is 1.57 bits per heavy atom. The molecule has 1 aromatic rings. The van der Waals surface area contributed by atoms with E-state index < -0.39 is 12.0 Å². The lowest BCUT2D eigenvalue weighted by atomic mass is 10.2. The monoisotopic (exact) mass is 195 g/mol. The number of nitrogens with two attached hydrogens (primary N) is 1. The molecule has 1 aromatic carbocycles. The van der Waals surface area contributed by atoms with E-state index in [0.29, 0.717) is 5.56 Å². The second kappa shape index (κ2) is 4.53. The van der Waals surface area contributed by atoms with Gasteiger partial charge in [0.25, 0.3) is 0 Å². The molecule has 3 N–H and O–H groups in total. The van der Waals surface area contributed by atoms with Gasteiger partial charge in [0.05, 0.1) is 0 Å². The Kier molecular flexibility index (Phi) is 3.36. The van der Waals surface area contributed by atoms with E-state index in [9.17, 15) is 9.18 Å². The molecule has 0 heterocycles. The van der Waals surface area contributed by atoms with Crippen LogP contribution >= 0.6 is 0 Å². The second-order valence-electron chi connectivity index (χ2n) is 2.78. The van der Waals surface area contributed by atoms with Crippen molar-refractivity contribution in [2.75, 3.05) is 0 Å². The number of rotatable bonds is 3. The smallest absolute Gasteiger partial charge is 0.324 e. The van der Waals surface area contributed by atoms with Crippen LogP contribution < -0.4 is 5.73 Å². The number of carboxylic acid groups (broad SMARTS) is 1. The van der Waals surface area contributed by atoms with Crippen LogP contribution in [-0.4, -0.2) is 17.1 Å². The minimum Gasteiger partial charge on any atom is -0.480 e. The Morgan fingerprint density at radius 3 is 2.86 bits per heavy atom. The van der Waals surface area contributed by atoms with E-state index >= 15 is 0 Å². The van der Waals surface area contributed by atoms with Crippen LogP contribution in [0.5, 0.6) is 0 Å². The summed E-state index contributed by atoms with van der Waals surface area (Å²) >= 11 is 0. The molecule has 0 bridgehead atoms. The Balaban J connectivity index is 2.73. The van der Waals surface area contributed by atoms with Gasteiger partial charge < -0.3 is 10.8 Å². The highest BCUT2D eigenvalue weighted by atomic mass is 19.1. The lowest BCUT2D eigenvalue weighted by Gasteiger charge is -1.98. The molecule has 0 saturated heterocycles. The standard InChI is InChI=1S/C10H10FNO2/c11-8-3-1-2-7(6-8)4-5-9(12)10(13)14/h1-6,9H,12H2,(H,13,14)/b5-4+. The normalized spacial score (nSPS) is 13.0. The predicted molar refractivity (Wildman–Crippen MR) is 51.0 cm³/mol. The molecule has 0 aromatic heterocycles. The number of carboxylic acids is 1. The summed E-state index contributed by atoms with van der Waals surface area (Å²) in [5, 5.41) is 8.46. The third kappa shape index (κ3) is 2.99. The molecule has 14 heavy (non-hydrogen) atoms. The molecule has 0 fully saturated rings. The van der Waals surface area contributed by atoms with E-state index in [1.54, 1.807) is 12.1 Å². The molecule has 0 amide bonds. The van der Waals surface area contributed by atoms with E-state index in [0.717, 1.165) is 0 Å². The number of aliphatic carboxylic acids is 1. The number of halogens is 1. The van der Waals surface area contributed by atoms with Crippen LogP contribution in [-0.2, 0) is 4.79 Å². The average molecular weight is 195 g/mol. The van der Waals surface area contributed by atoms with Crippen LogP contribution in [0.3, 0.4) is 0 Å². The topological polar surface area (TPSA) is 63.3 Å². The van der Waals surface area contributed by atoms with Crippen molar-refractivity contribution in [2.24, 2.45) is 5.73 Å². The van der Waals surface area contributed by atoms with Crippen LogP contribution in [0.2, 0.25) is 0 Å². The molecule has 1 unspecified atom stereocenters. The predicted octanol–water partition coefficient (Wildman–Crippen LogP) is 1.25. The molecular formula is C10H10FNO2. The highest BCUT2D eigenvalue weighted by Gasteiger charge is 2.05. The summed E-state index contributed by atoms with van der Waals surface area (Å²) in [6.07, 6.45) is 2.78. The fraction of sp³-hybridized carbons (Fsp3) is 0.100. The molecule has 3 nitrogen and oxygen atoms in total. The summed E-state index contributed by atoms with van der Waals surface area (Å²) in [5.41, 5.74) is 5.81. The van der Waals surface area contributed by atoms with Gasteiger partial charge >= 0.3 is 5.97 Å². The van der Waals surface area contributed by atoms with Gasteiger partial charge in [-0.15, -0.1) is 0 Å². The van der Waals surface area contributed by atoms with Gasteiger partial charge in [-0.3, -0.25) is 4.79 Å². The molecular weight excluding hydrogens is 185 g/mol. The van der Waals surface area contributed by atoms with Crippen LogP contribution in [0.1, 0.15) is 5.56 Å². The van der Waals surface area contributed by atoms with Gasteiger partial charge in [-0.05, 0) is 17.7 Å². The number of carbonyl (C=O) groups is 1. The number of hydrogen-bond donors (Lipinski definition) is 2. The maximum atomic E-state index is 12.7. The maximum absolute atomic E-state index is 12.7. The van der Waals surface area contributed by atoms with E-state index in [1.807, 2.05) is 0 Å². The third-order valence-electron chi connectivity index (χ3n) is 1.63. The zero-order valence-electron chi connectivity index (χ0n) is 7.35. The van der Waals surface area contributed by atoms with Gasteiger partial charge in [-0.25, -0.2) is 4.39 Å². The van der Waals surface area contributed by atoms with Crippen LogP contribution in [0.25, 0.3) is 6.08 Å². The van der Waals surface area contributed by atoms with Gasteiger partial charge in [-0.1, -0.05) is 24.3 Å². The summed E-state index contributed by atoms with van der Waals surface area (Å²) in [7, 11) is 0. The van der Waals surface area contributed by atoms with Crippen molar-refractivity contribution < 1.29 is 14.3 Å². The summed E-state index contributed by atoms with van der Waals surface area (Å²) < 4.78 is 12.7. The molecule has 1 atom stereocenters. The first-order valence-corrected chi connectivity index (χ1v) is 4.02. The summed E-state index contributed by atoms with van der Waals surface area (Å²) in [6.45, 7) is 0. The first kappa shape index (κ1) is 10.4. The molecule has 1 rings (SSSR count). The Labute approximate surface area is 80.7 Å². The summed E-state index contributed by atoms with van der Waals surface area (Å²) in [5.74, 6) is -1.48. The Bertz CT molecular complexity index is 363. The first-order valence-electron chi connectivity index (χ1n) is 4.02. The summed E-state index contributed by atoms with van der Waals surface area (Å²) in [4.78, 5) is 10.3. The summed E-state index contributed by atoms with van der Waals surface area (Å²) in [6, 6.07) is 4.76. The molecule has 0 aliphatic carbocycles. The number of hydrogen-bond acceptors (Lipinski definition) is 2. The lowest BCUT2D eigenvalue weighted by molar-refractivity contribution is -0.137. The van der Waals surface area contributed by atoms with Crippen molar-refractivity contribution in [1.29, 1.82) is 0 Å². The highest BCUT2D eigenvalue weighted by Crippen LogP contribution is 2.05. The zero-order valence-corrected chi connectivity index (χ0v) is 7.35. The first-order chi connectivity index (χ1) is 6.59. The minimum atomic E-state index is -1.11. The fourth-order valence-electron chi connectivity index (χ4n) is 0.907. The third-order valence-corrected chi connectivity index (χ3v) is 1.63. The van der Waals surface area contributed by atoms with E-state index in [4.69, 9.17) is 10.8 Å². The van der Waals surface area contributed by atoms with Crippen molar-refractivity contribution in [3.63, 3.8) is 0 Å². The van der Waals surface area contributed by atoms with Gasteiger partial charge in [0.15, 0.2) is 0 Å². The van der Waals surface area contributed by atoms with Gasteiger partial charge in [0, 0.05) is 0 Å². The SMILES string of the molecule is NC(/C=C/c1cccc(F)c1)C(=O)O. The van der Waals surface area contributed by atoms with Crippen molar-refractivity contribution in [3.05, 3.63) is 41.7 Å². The van der Waals surface area contributed by atoms with Gasteiger partial charge in [0.2, 0.25) is 0 Å². The van der Waals surface area contributed by atoms with Crippen molar-refractivity contribution in [1.82, 2.24) is 0 Å². The van der Waals surface area contributed by atoms with E-state index in [2.05, 4.69) is 0 Å². The molecule has 74 valence electrons. The van der Waals surface area contributed by atoms with Crippen molar-refractivity contribution in [2.45, 2.75) is 6.04 Å². The van der Waals surface area contributed by atoms with Crippen LogP contribution in [0.4, 0.5) is 4.39 Å². The van der Waals surface area contributed by atoms with E-state index in [-0.39, 0.29) is 5.82 Å². The molecule has 0 radical (unpaired) electrons. The largest absolute Gasteiger partial charge is 0.480 e. The average Bonchev–Trinajstić information content (AvgIpc) is 2.14. The Morgan fingerprint density at radius 2 is 2.29 bits per heavy atom. The van der Waals surface area contributed by atoms with Crippen LogP contribution in [0.15, 0.2) is 30.3 Å². The quantitative estimate of drug-likeness (QED) is 0.762.